The first-order valence-corrected chi connectivity index (χ1v) is 15.7. The van der Waals surface area contributed by atoms with E-state index >= 15 is 0 Å². The van der Waals surface area contributed by atoms with Crippen LogP contribution in [-0.2, 0) is 5.54 Å². The number of benzene rings is 3. The molecule has 2 aliphatic heterocycles. The number of piperidine rings is 1. The second-order valence-electron chi connectivity index (χ2n) is 13.1. The Balaban J connectivity index is 0.00000343. The first-order valence-electron chi connectivity index (χ1n) is 15.7. The van der Waals surface area contributed by atoms with E-state index in [1.807, 2.05) is 12.3 Å². The molecule has 0 amide bonds. The summed E-state index contributed by atoms with van der Waals surface area (Å²) in [6.45, 7) is 0. The van der Waals surface area contributed by atoms with Gasteiger partial charge in [-0.05, 0) is 59.7 Å². The van der Waals surface area contributed by atoms with Crippen LogP contribution < -0.4 is 28.5 Å². The molecule has 4 heterocycles. The maximum atomic E-state index is 5.08. The van der Waals surface area contributed by atoms with Crippen LogP contribution in [0.25, 0.3) is 11.3 Å². The van der Waals surface area contributed by atoms with Gasteiger partial charge in [0.25, 0.3) is 0 Å². The van der Waals surface area contributed by atoms with E-state index < -0.39 is 0 Å². The standard InChI is InChI=1S/C39H41N4.HI/c1-43(2,3)38-34(22-14-26-40-38)36-25-24-29(28-41-36)35-27-33-21-13-23-37(35)42(33)39(30-15-7-4-8-16-30,31-17-9-5-10-18-31)32-19-11-6-12-20-32;/h4-12,14-20,22,24-26,28,33,35,37H,13,21,23,27H2,1-3H3;1H/q+1;/p-1. The van der Waals surface area contributed by atoms with Gasteiger partial charge >= 0.3 is 0 Å². The summed E-state index contributed by atoms with van der Waals surface area (Å²) < 4.78 is 0.654. The Morgan fingerprint density at radius 2 is 1.27 bits per heavy atom. The fraction of sp³-hybridized carbons (Fsp3) is 0.282. The number of hydrogen-bond donors (Lipinski definition) is 0. The Morgan fingerprint density at radius 1 is 0.682 bits per heavy atom. The molecular weight excluding hydrogens is 651 g/mol. The Bertz CT molecular complexity index is 1570. The van der Waals surface area contributed by atoms with Crippen LogP contribution in [0.3, 0.4) is 0 Å². The van der Waals surface area contributed by atoms with Crippen LogP contribution in [0.1, 0.15) is 53.9 Å². The van der Waals surface area contributed by atoms with Gasteiger partial charge < -0.3 is 24.0 Å². The molecule has 2 saturated heterocycles. The molecule has 4 nitrogen and oxygen atoms in total. The Hall–Kier alpha value is -3.39. The molecule has 3 unspecified atom stereocenters. The van der Waals surface area contributed by atoms with Crippen LogP contribution >= 0.6 is 0 Å². The van der Waals surface area contributed by atoms with Crippen molar-refractivity contribution in [3.8, 4) is 11.3 Å². The molecule has 2 aliphatic rings. The van der Waals surface area contributed by atoms with Crippen molar-refractivity contribution in [2.45, 2.75) is 49.2 Å². The maximum Gasteiger partial charge on any atom is 0.236 e. The molecular formula is C39H41IN4. The largest absolute Gasteiger partial charge is 1.00 e. The van der Waals surface area contributed by atoms with Gasteiger partial charge in [-0.1, -0.05) is 103 Å². The van der Waals surface area contributed by atoms with Crippen molar-refractivity contribution < 1.29 is 24.0 Å². The lowest BCUT2D eigenvalue weighted by Crippen LogP contribution is -3.00. The van der Waals surface area contributed by atoms with Crippen LogP contribution in [-0.4, -0.2) is 48.1 Å². The molecule has 0 spiro atoms. The Kier molecular flexibility index (Phi) is 8.73. The highest BCUT2D eigenvalue weighted by Gasteiger charge is 2.55. The van der Waals surface area contributed by atoms with Crippen molar-refractivity contribution in [2.24, 2.45) is 0 Å². The molecule has 2 bridgehead atoms. The summed E-state index contributed by atoms with van der Waals surface area (Å²) in [5, 5.41) is 0. The minimum atomic E-state index is -0.378. The van der Waals surface area contributed by atoms with E-state index in [0.717, 1.165) is 23.5 Å². The van der Waals surface area contributed by atoms with E-state index in [4.69, 9.17) is 9.97 Å². The Morgan fingerprint density at radius 3 is 1.80 bits per heavy atom. The topological polar surface area (TPSA) is 29.0 Å². The van der Waals surface area contributed by atoms with Gasteiger partial charge in [0.05, 0.1) is 37.9 Å². The van der Waals surface area contributed by atoms with Crippen molar-refractivity contribution in [1.82, 2.24) is 19.4 Å². The lowest BCUT2D eigenvalue weighted by molar-refractivity contribution is -0.00000946. The second kappa shape index (κ2) is 12.5. The first-order chi connectivity index (χ1) is 21.0. The summed E-state index contributed by atoms with van der Waals surface area (Å²) in [6.07, 6.45) is 8.85. The zero-order valence-electron chi connectivity index (χ0n) is 25.9. The SMILES string of the molecule is C[N+](C)(C)c1ncccc1-c1ccc(C2CC3CCCC2N3C(c2ccccc2)(c2ccccc2)c2ccccc2)cn1.[I-]. The molecule has 5 aromatic rings. The third kappa shape index (κ3) is 5.29. The number of rotatable bonds is 7. The Labute approximate surface area is 279 Å². The molecule has 5 heteroatoms. The minimum Gasteiger partial charge on any atom is -1.00 e. The lowest BCUT2D eigenvalue weighted by Gasteiger charge is -2.51. The maximum absolute atomic E-state index is 5.08. The highest BCUT2D eigenvalue weighted by atomic mass is 127. The minimum absolute atomic E-state index is 0. The highest BCUT2D eigenvalue weighted by Crippen LogP contribution is 2.55. The summed E-state index contributed by atoms with van der Waals surface area (Å²) in [5.74, 6) is 1.46. The molecule has 2 aromatic heterocycles. The molecule has 0 radical (unpaired) electrons. The number of hydrogen-bond acceptors (Lipinski definition) is 3. The second-order valence-corrected chi connectivity index (χ2v) is 13.1. The van der Waals surface area contributed by atoms with Crippen molar-refractivity contribution in [3.63, 3.8) is 0 Å². The zero-order chi connectivity index (χ0) is 29.4. The van der Waals surface area contributed by atoms with Crippen LogP contribution in [0.15, 0.2) is 128 Å². The van der Waals surface area contributed by atoms with Gasteiger partial charge in [-0.3, -0.25) is 14.4 Å². The molecule has 7 rings (SSSR count). The number of pyridine rings is 2. The summed E-state index contributed by atoms with van der Waals surface area (Å²) in [5.41, 5.74) is 7.07. The summed E-state index contributed by atoms with van der Waals surface area (Å²) in [6, 6.07) is 43.2. The molecule has 0 aliphatic carbocycles. The molecule has 2 fully saturated rings. The smallest absolute Gasteiger partial charge is 0.236 e. The molecule has 0 saturated carbocycles. The zero-order valence-corrected chi connectivity index (χ0v) is 28.0. The van der Waals surface area contributed by atoms with Gasteiger partial charge in [0.1, 0.15) is 0 Å². The van der Waals surface area contributed by atoms with Crippen molar-refractivity contribution >= 4 is 5.82 Å². The molecule has 224 valence electrons. The van der Waals surface area contributed by atoms with Crippen molar-refractivity contribution in [1.29, 1.82) is 0 Å². The van der Waals surface area contributed by atoms with Gasteiger partial charge in [0, 0.05) is 30.4 Å². The average molecular weight is 693 g/mol. The fourth-order valence-electron chi connectivity index (χ4n) is 7.97. The van der Waals surface area contributed by atoms with Gasteiger partial charge in [-0.15, -0.1) is 0 Å². The summed E-state index contributed by atoms with van der Waals surface area (Å²) in [7, 11) is 6.48. The van der Waals surface area contributed by atoms with Crippen LogP contribution in [0.5, 0.6) is 0 Å². The number of aromatic nitrogens is 2. The molecule has 3 aromatic carbocycles. The summed E-state index contributed by atoms with van der Waals surface area (Å²) in [4.78, 5) is 12.7. The first kappa shape index (κ1) is 30.6. The molecule has 0 N–H and O–H groups in total. The van der Waals surface area contributed by atoms with Crippen LogP contribution in [0.4, 0.5) is 5.82 Å². The van der Waals surface area contributed by atoms with Crippen LogP contribution in [0.2, 0.25) is 0 Å². The lowest BCUT2D eigenvalue weighted by atomic mass is 9.73. The number of nitrogens with zero attached hydrogens (tertiary/aromatic N) is 4. The van der Waals surface area contributed by atoms with Crippen molar-refractivity contribution in [2.75, 3.05) is 21.1 Å². The third-order valence-electron chi connectivity index (χ3n) is 9.65. The van der Waals surface area contributed by atoms with E-state index in [-0.39, 0.29) is 29.5 Å². The third-order valence-corrected chi connectivity index (χ3v) is 9.65. The van der Waals surface area contributed by atoms with E-state index in [9.17, 15) is 0 Å². The van der Waals surface area contributed by atoms with E-state index in [1.165, 1.54) is 41.5 Å². The monoisotopic (exact) mass is 692 g/mol. The van der Waals surface area contributed by atoms with Crippen LogP contribution in [0, 0.1) is 0 Å². The van der Waals surface area contributed by atoms with E-state index in [0.29, 0.717) is 22.5 Å². The van der Waals surface area contributed by atoms with Crippen molar-refractivity contribution in [3.05, 3.63) is 150 Å². The number of fused-ring (bicyclic) bond motifs is 2. The molecule has 44 heavy (non-hydrogen) atoms. The van der Waals surface area contributed by atoms with Gasteiger partial charge in [0.15, 0.2) is 0 Å². The van der Waals surface area contributed by atoms with E-state index in [2.05, 4.69) is 141 Å². The predicted octanol–water partition coefficient (Wildman–Crippen LogP) is 5.05. The van der Waals surface area contributed by atoms with Gasteiger partial charge in [0.2, 0.25) is 5.82 Å². The quantitative estimate of drug-likeness (QED) is 0.136. The van der Waals surface area contributed by atoms with Gasteiger partial charge in [-0.25, -0.2) is 4.98 Å². The number of halogens is 1. The van der Waals surface area contributed by atoms with E-state index in [1.54, 1.807) is 0 Å². The summed E-state index contributed by atoms with van der Waals surface area (Å²) >= 11 is 0. The normalized spacial score (nSPS) is 20.2. The fourth-order valence-corrected chi connectivity index (χ4v) is 7.97. The average Bonchev–Trinajstić information content (AvgIpc) is 3.26. The number of quaternary nitrogens is 1. The predicted molar refractivity (Wildman–Crippen MR) is 177 cm³/mol. The van der Waals surface area contributed by atoms with Gasteiger partial charge in [-0.2, -0.15) is 0 Å². The highest BCUT2D eigenvalue weighted by molar-refractivity contribution is 5.71. The molecule has 3 atom stereocenters.